The number of aromatic nitrogens is 2. The smallest absolute Gasteiger partial charge is 0.218 e. The van der Waals surface area contributed by atoms with Crippen LogP contribution >= 0.6 is 0 Å². The van der Waals surface area contributed by atoms with Crippen molar-refractivity contribution in [2.75, 3.05) is 0 Å². The number of nitrogens with zero attached hydrogens (tertiary/aromatic N) is 3. The van der Waals surface area contributed by atoms with E-state index in [0.29, 0.717) is 22.5 Å². The summed E-state index contributed by atoms with van der Waals surface area (Å²) in [5, 5.41) is 17.8. The Morgan fingerprint density at radius 1 is 1.30 bits per heavy atom. The first kappa shape index (κ1) is 12.4. The van der Waals surface area contributed by atoms with E-state index in [1.807, 2.05) is 0 Å². The minimum Gasteiger partial charge on any atom is -0.493 e. The van der Waals surface area contributed by atoms with Crippen LogP contribution < -0.4 is 5.62 Å². The molecule has 0 atom stereocenters. The minimum atomic E-state index is -0.331. The highest BCUT2D eigenvalue weighted by molar-refractivity contribution is 6.21. The molecule has 0 fully saturated rings. The van der Waals surface area contributed by atoms with Crippen LogP contribution in [0.25, 0.3) is 11.6 Å². The topological polar surface area (TPSA) is 66.3 Å². The molecule has 1 aromatic carbocycles. The van der Waals surface area contributed by atoms with E-state index in [4.69, 9.17) is 5.41 Å². The van der Waals surface area contributed by atoms with Gasteiger partial charge in [0.2, 0.25) is 11.5 Å². The molecule has 20 heavy (non-hydrogen) atoms. The van der Waals surface area contributed by atoms with Crippen molar-refractivity contribution in [1.29, 1.82) is 5.41 Å². The molecule has 1 aliphatic heterocycles. The molecule has 0 spiro atoms. The number of hydrogen-bond donors (Lipinski definition) is 2. The van der Waals surface area contributed by atoms with Crippen molar-refractivity contribution in [2.45, 2.75) is 0 Å². The van der Waals surface area contributed by atoms with Gasteiger partial charge in [0.15, 0.2) is 0 Å². The summed E-state index contributed by atoms with van der Waals surface area (Å²) >= 11 is 0. The molecule has 1 aliphatic rings. The zero-order chi connectivity index (χ0) is 14.4. The first-order valence-electron chi connectivity index (χ1n) is 6.04. The number of fused-ring (bicyclic) bond motifs is 1. The van der Waals surface area contributed by atoms with Gasteiger partial charge in [0, 0.05) is 31.4 Å². The summed E-state index contributed by atoms with van der Waals surface area (Å²) in [6.45, 7) is 0. The SMILES string of the molecule is Cn1c(O)c(/C=C2/C=Nc3ccc(F)cc32)n(C)c1=N. The van der Waals surface area contributed by atoms with Crippen molar-refractivity contribution in [3.63, 3.8) is 0 Å². The first-order valence-corrected chi connectivity index (χ1v) is 6.04. The Bertz CT molecular complexity index is 826. The van der Waals surface area contributed by atoms with Crippen LogP contribution in [-0.2, 0) is 14.1 Å². The molecule has 0 saturated heterocycles. The average molecular weight is 272 g/mol. The Labute approximate surface area is 114 Å². The van der Waals surface area contributed by atoms with Gasteiger partial charge in [0.25, 0.3) is 0 Å². The van der Waals surface area contributed by atoms with Crippen LogP contribution in [0.1, 0.15) is 11.3 Å². The van der Waals surface area contributed by atoms with Gasteiger partial charge in [-0.1, -0.05) is 0 Å². The van der Waals surface area contributed by atoms with Crippen molar-refractivity contribution in [3.8, 4) is 5.88 Å². The molecule has 0 amide bonds. The van der Waals surface area contributed by atoms with Crippen LogP contribution in [0.15, 0.2) is 23.2 Å². The van der Waals surface area contributed by atoms with E-state index in [9.17, 15) is 9.50 Å². The van der Waals surface area contributed by atoms with Gasteiger partial charge in [-0.3, -0.25) is 15.0 Å². The molecule has 2 heterocycles. The molecule has 6 heteroatoms. The second-order valence-electron chi connectivity index (χ2n) is 4.67. The molecule has 0 radical (unpaired) electrons. The fourth-order valence-electron chi connectivity index (χ4n) is 2.25. The Kier molecular flexibility index (Phi) is 2.60. The number of hydrogen-bond acceptors (Lipinski definition) is 3. The van der Waals surface area contributed by atoms with Gasteiger partial charge in [-0.2, -0.15) is 0 Å². The van der Waals surface area contributed by atoms with Crippen LogP contribution in [-0.4, -0.2) is 20.5 Å². The fraction of sp³-hybridized carbons (Fsp3) is 0.143. The number of halogens is 1. The molecule has 0 aliphatic carbocycles. The normalized spacial score (nSPS) is 15.1. The van der Waals surface area contributed by atoms with Crippen molar-refractivity contribution in [2.24, 2.45) is 19.1 Å². The van der Waals surface area contributed by atoms with E-state index < -0.39 is 0 Å². The lowest BCUT2D eigenvalue weighted by atomic mass is 10.1. The molecule has 102 valence electrons. The van der Waals surface area contributed by atoms with E-state index in [0.717, 1.165) is 0 Å². The van der Waals surface area contributed by atoms with Crippen LogP contribution in [0.4, 0.5) is 10.1 Å². The third-order valence-electron chi connectivity index (χ3n) is 3.45. The lowest BCUT2D eigenvalue weighted by Crippen LogP contribution is -2.20. The molecule has 2 N–H and O–H groups in total. The van der Waals surface area contributed by atoms with Crippen LogP contribution in [0.5, 0.6) is 5.88 Å². The Hall–Kier alpha value is -2.63. The number of imidazole rings is 1. The van der Waals surface area contributed by atoms with Crippen molar-refractivity contribution < 1.29 is 9.50 Å². The number of allylic oxidation sites excluding steroid dienone is 1. The zero-order valence-corrected chi connectivity index (χ0v) is 11.1. The van der Waals surface area contributed by atoms with Crippen molar-refractivity contribution in [3.05, 3.63) is 40.9 Å². The first-order chi connectivity index (χ1) is 9.49. The summed E-state index contributed by atoms with van der Waals surface area (Å²) in [6.07, 6.45) is 3.32. The number of rotatable bonds is 1. The van der Waals surface area contributed by atoms with Crippen molar-refractivity contribution >= 4 is 23.6 Å². The monoisotopic (exact) mass is 272 g/mol. The van der Waals surface area contributed by atoms with Crippen molar-refractivity contribution in [1.82, 2.24) is 9.13 Å². The van der Waals surface area contributed by atoms with Crippen LogP contribution in [0.2, 0.25) is 0 Å². The minimum absolute atomic E-state index is 0.0109. The van der Waals surface area contributed by atoms with Gasteiger partial charge >= 0.3 is 0 Å². The summed E-state index contributed by atoms with van der Waals surface area (Å²) in [5.74, 6) is -0.341. The van der Waals surface area contributed by atoms with Gasteiger partial charge in [-0.05, 0) is 24.3 Å². The van der Waals surface area contributed by atoms with Gasteiger partial charge in [0.05, 0.1) is 5.69 Å². The Morgan fingerprint density at radius 2 is 2.05 bits per heavy atom. The summed E-state index contributed by atoms with van der Waals surface area (Å²) < 4.78 is 16.2. The highest BCUT2D eigenvalue weighted by Gasteiger charge is 2.16. The lowest BCUT2D eigenvalue weighted by molar-refractivity contribution is 0.427. The van der Waals surface area contributed by atoms with E-state index in [1.165, 1.54) is 16.7 Å². The number of aliphatic imine (C=N–C) groups is 1. The summed E-state index contributed by atoms with van der Waals surface area (Å²) in [4.78, 5) is 4.20. The molecular weight excluding hydrogens is 259 g/mol. The predicted molar refractivity (Wildman–Crippen MR) is 74.3 cm³/mol. The molecule has 0 unspecified atom stereocenters. The van der Waals surface area contributed by atoms with E-state index >= 15 is 0 Å². The molecule has 2 aromatic rings. The Morgan fingerprint density at radius 3 is 2.70 bits per heavy atom. The predicted octanol–water partition coefficient (Wildman–Crippen LogP) is 1.94. The third kappa shape index (κ3) is 1.69. The second kappa shape index (κ2) is 4.19. The standard InChI is InChI=1S/C14H13FN4O/c1-18-12(13(20)19(2)14(18)16)5-8-7-17-11-4-3-9(15)6-10(8)11/h3-7,16,20H,1-2H3/b8-5-,16-14?. The van der Waals surface area contributed by atoms with E-state index in [2.05, 4.69) is 4.99 Å². The molecule has 0 saturated carbocycles. The average Bonchev–Trinajstić information content (AvgIpc) is 2.90. The van der Waals surface area contributed by atoms with Crippen LogP contribution in [0, 0.1) is 11.2 Å². The van der Waals surface area contributed by atoms with Gasteiger partial charge in [-0.25, -0.2) is 4.39 Å². The van der Waals surface area contributed by atoms with Gasteiger partial charge in [0.1, 0.15) is 11.5 Å². The lowest BCUT2D eigenvalue weighted by Gasteiger charge is -2.01. The highest BCUT2D eigenvalue weighted by Crippen LogP contribution is 2.33. The second-order valence-corrected chi connectivity index (χ2v) is 4.67. The molecule has 0 bridgehead atoms. The number of benzene rings is 1. The van der Waals surface area contributed by atoms with Gasteiger partial charge < -0.3 is 9.67 Å². The molecular formula is C14H13FN4O. The third-order valence-corrected chi connectivity index (χ3v) is 3.45. The molecule has 1 aromatic heterocycles. The number of aromatic hydroxyl groups is 1. The van der Waals surface area contributed by atoms with Gasteiger partial charge in [-0.15, -0.1) is 0 Å². The summed E-state index contributed by atoms with van der Waals surface area (Å²) in [6, 6.07) is 4.39. The maximum absolute atomic E-state index is 13.3. The quantitative estimate of drug-likeness (QED) is 0.818. The maximum Gasteiger partial charge on any atom is 0.218 e. The highest BCUT2D eigenvalue weighted by atomic mass is 19.1. The molecule has 3 rings (SSSR count). The summed E-state index contributed by atoms with van der Waals surface area (Å²) in [7, 11) is 3.29. The summed E-state index contributed by atoms with van der Waals surface area (Å²) in [5.41, 5.74) is 2.73. The number of nitrogens with one attached hydrogen (secondary N) is 1. The van der Waals surface area contributed by atoms with E-state index in [1.54, 1.807) is 37.0 Å². The Balaban J connectivity index is 2.18. The zero-order valence-electron chi connectivity index (χ0n) is 11.1. The van der Waals surface area contributed by atoms with E-state index in [-0.39, 0.29) is 17.3 Å². The van der Waals surface area contributed by atoms with Crippen LogP contribution in [0.3, 0.4) is 0 Å². The molecule has 5 nitrogen and oxygen atoms in total. The fourth-order valence-corrected chi connectivity index (χ4v) is 2.25. The maximum atomic E-state index is 13.3. The largest absolute Gasteiger partial charge is 0.493 e.